The molecule has 262 valence electrons. The molecule has 5 amide bonds. The summed E-state index contributed by atoms with van der Waals surface area (Å²) in [5.41, 5.74) is 0.875. The number of piperazine rings is 1. The van der Waals surface area contributed by atoms with Gasteiger partial charge in [-0.1, -0.05) is 44.8 Å². The molecule has 3 N–H and O–H groups in total. The van der Waals surface area contributed by atoms with Crippen molar-refractivity contribution in [2.24, 2.45) is 11.8 Å². The van der Waals surface area contributed by atoms with Crippen LogP contribution < -0.4 is 16.0 Å². The van der Waals surface area contributed by atoms with E-state index in [1.807, 2.05) is 14.0 Å². The molecule has 0 unspecified atom stereocenters. The van der Waals surface area contributed by atoms with Crippen molar-refractivity contribution in [2.45, 2.75) is 89.8 Å². The first-order chi connectivity index (χ1) is 23.0. The molecule has 13 nitrogen and oxygen atoms in total. The molecule has 1 aromatic heterocycles. The summed E-state index contributed by atoms with van der Waals surface area (Å²) < 4.78 is 20.5. The van der Waals surface area contributed by atoms with Crippen molar-refractivity contribution < 1.29 is 28.2 Å². The second-order valence-corrected chi connectivity index (χ2v) is 13.8. The zero-order chi connectivity index (χ0) is 34.5. The van der Waals surface area contributed by atoms with E-state index in [4.69, 9.17) is 4.63 Å². The highest BCUT2D eigenvalue weighted by molar-refractivity contribution is 6.01. The first-order valence-electron chi connectivity index (χ1n) is 17.2. The fourth-order valence-electron chi connectivity index (χ4n) is 6.64. The number of carbonyl (C=O) groups is 4. The van der Waals surface area contributed by atoms with Crippen LogP contribution in [-0.4, -0.2) is 107 Å². The highest BCUT2D eigenvalue weighted by Crippen LogP contribution is 2.32. The van der Waals surface area contributed by atoms with Gasteiger partial charge >= 0.3 is 6.03 Å². The Hall–Kier alpha value is -4.07. The number of nitrogens with zero attached hydrogens (tertiary/aromatic N) is 5. The van der Waals surface area contributed by atoms with Crippen LogP contribution in [0.5, 0.6) is 0 Å². The van der Waals surface area contributed by atoms with Gasteiger partial charge in [0.05, 0.1) is 5.69 Å². The summed E-state index contributed by atoms with van der Waals surface area (Å²) in [6.45, 7) is 8.30. The normalized spacial score (nSPS) is 21.9. The van der Waals surface area contributed by atoms with Crippen LogP contribution in [0.1, 0.15) is 87.0 Å². The van der Waals surface area contributed by atoms with E-state index >= 15 is 4.39 Å². The molecule has 2 saturated carbocycles. The van der Waals surface area contributed by atoms with Crippen LogP contribution in [-0.2, 0) is 16.0 Å². The molecule has 0 bridgehead atoms. The van der Waals surface area contributed by atoms with Gasteiger partial charge in [0.15, 0.2) is 5.69 Å². The van der Waals surface area contributed by atoms with E-state index in [1.54, 1.807) is 29.8 Å². The number of carbonyl (C=O) groups excluding carboxylic acids is 4. The predicted octanol–water partition coefficient (Wildman–Crippen LogP) is 3.38. The highest BCUT2D eigenvalue weighted by atomic mass is 19.1. The Morgan fingerprint density at radius 2 is 1.71 bits per heavy atom. The largest absolute Gasteiger partial charge is 0.338 e. The van der Waals surface area contributed by atoms with Gasteiger partial charge in [-0.05, 0) is 73.8 Å². The number of urea groups is 1. The average molecular weight is 669 g/mol. The van der Waals surface area contributed by atoms with E-state index in [0.717, 1.165) is 51.6 Å². The molecule has 3 aliphatic rings. The maximum Gasteiger partial charge on any atom is 0.318 e. The van der Waals surface area contributed by atoms with Gasteiger partial charge in [0, 0.05) is 45.2 Å². The topological polar surface area (TPSA) is 153 Å². The van der Waals surface area contributed by atoms with Crippen molar-refractivity contribution in [3.05, 3.63) is 41.0 Å². The number of hydrogen-bond donors (Lipinski definition) is 3. The second kappa shape index (κ2) is 15.4. The monoisotopic (exact) mass is 668 g/mol. The van der Waals surface area contributed by atoms with Crippen LogP contribution in [0.25, 0.3) is 0 Å². The van der Waals surface area contributed by atoms with Crippen LogP contribution >= 0.6 is 0 Å². The number of hydrogen-bond acceptors (Lipinski definition) is 8. The zero-order valence-electron chi connectivity index (χ0n) is 28.6. The average Bonchev–Trinajstić information content (AvgIpc) is 3.82. The lowest BCUT2D eigenvalue weighted by Gasteiger charge is -2.37. The maximum atomic E-state index is 15.8. The van der Waals surface area contributed by atoms with Crippen LogP contribution in [0.3, 0.4) is 0 Å². The Labute approximate surface area is 281 Å². The number of nitrogens with one attached hydrogen (secondary N) is 3. The summed E-state index contributed by atoms with van der Waals surface area (Å²) in [5.74, 6) is -2.18. The molecule has 2 aliphatic carbocycles. The molecular formula is C34H49FN8O5. The number of anilines is 1. The molecule has 3 atom stereocenters. The summed E-state index contributed by atoms with van der Waals surface area (Å²) in [6.07, 6.45) is 5.59. The van der Waals surface area contributed by atoms with E-state index in [2.05, 4.69) is 38.1 Å². The fraction of sp³-hybridized carbons (Fsp3) is 0.647. The lowest BCUT2D eigenvalue weighted by atomic mass is 9.79. The maximum absolute atomic E-state index is 15.8. The summed E-state index contributed by atoms with van der Waals surface area (Å²) in [7, 11) is 3.72. The fourth-order valence-corrected chi connectivity index (χ4v) is 6.64. The minimum absolute atomic E-state index is 0.0279. The first-order valence-corrected chi connectivity index (χ1v) is 17.2. The molecule has 3 fully saturated rings. The first kappa shape index (κ1) is 35.2. The zero-order valence-corrected chi connectivity index (χ0v) is 28.6. The van der Waals surface area contributed by atoms with Crippen LogP contribution in [0.15, 0.2) is 22.8 Å². The third kappa shape index (κ3) is 8.31. The van der Waals surface area contributed by atoms with Gasteiger partial charge in [0.25, 0.3) is 5.91 Å². The minimum Gasteiger partial charge on any atom is -0.338 e. The minimum atomic E-state index is -0.923. The summed E-state index contributed by atoms with van der Waals surface area (Å²) in [5, 5.41) is 16.0. The number of likely N-dealkylation sites (N-methyl/N-ethyl adjacent to an activating group) is 1. The van der Waals surface area contributed by atoms with E-state index in [1.165, 1.54) is 12.1 Å². The van der Waals surface area contributed by atoms with Crippen LogP contribution in [0, 0.1) is 17.7 Å². The van der Waals surface area contributed by atoms with Crippen molar-refractivity contribution in [3.8, 4) is 0 Å². The van der Waals surface area contributed by atoms with Gasteiger partial charge in [-0.15, -0.1) is 0 Å². The molecule has 14 heteroatoms. The molecular weight excluding hydrogens is 619 g/mol. The lowest BCUT2D eigenvalue weighted by molar-refractivity contribution is -0.135. The Morgan fingerprint density at radius 3 is 2.33 bits per heavy atom. The molecule has 48 heavy (non-hydrogen) atoms. The van der Waals surface area contributed by atoms with E-state index in [0.29, 0.717) is 36.7 Å². The molecule has 2 aromatic rings. The summed E-state index contributed by atoms with van der Waals surface area (Å²) in [6, 6.07) is 2.42. The Morgan fingerprint density at radius 1 is 1.02 bits per heavy atom. The van der Waals surface area contributed by atoms with Gasteiger partial charge in [-0.2, -0.15) is 0 Å². The molecule has 5 rings (SSSR count). The molecule has 1 aliphatic heterocycles. The number of aryl methyl sites for hydroxylation is 1. The van der Waals surface area contributed by atoms with Crippen LogP contribution in [0.2, 0.25) is 0 Å². The predicted molar refractivity (Wildman–Crippen MR) is 177 cm³/mol. The number of halogens is 1. The van der Waals surface area contributed by atoms with Gasteiger partial charge in [-0.25, -0.2) is 13.8 Å². The van der Waals surface area contributed by atoms with E-state index in [9.17, 15) is 19.2 Å². The van der Waals surface area contributed by atoms with Crippen molar-refractivity contribution in [1.82, 2.24) is 35.6 Å². The molecule has 1 aromatic carbocycles. The van der Waals surface area contributed by atoms with Gasteiger partial charge in [0.1, 0.15) is 23.6 Å². The smallest absolute Gasteiger partial charge is 0.318 e. The van der Waals surface area contributed by atoms with E-state index in [-0.39, 0.29) is 35.3 Å². The Bertz CT molecular complexity index is 1470. The lowest BCUT2D eigenvalue weighted by Crippen LogP contribution is -2.57. The van der Waals surface area contributed by atoms with Gasteiger partial charge in [0.2, 0.25) is 11.8 Å². The third-order valence-corrected chi connectivity index (χ3v) is 10.3. The molecule has 2 heterocycles. The highest BCUT2D eigenvalue weighted by Gasteiger charge is 2.37. The Balaban J connectivity index is 1.33. The number of aromatic nitrogens is 2. The van der Waals surface area contributed by atoms with Crippen molar-refractivity contribution in [3.63, 3.8) is 0 Å². The van der Waals surface area contributed by atoms with Crippen molar-refractivity contribution in [1.29, 1.82) is 0 Å². The summed E-state index contributed by atoms with van der Waals surface area (Å²) in [4.78, 5) is 59.3. The van der Waals surface area contributed by atoms with Crippen LogP contribution in [0.4, 0.5) is 14.9 Å². The number of amides is 5. The van der Waals surface area contributed by atoms with E-state index < -0.39 is 35.6 Å². The Kier molecular flexibility index (Phi) is 11.3. The molecule has 0 radical (unpaired) electrons. The van der Waals surface area contributed by atoms with Gasteiger partial charge < -0.3 is 30.7 Å². The van der Waals surface area contributed by atoms with Crippen molar-refractivity contribution in [2.75, 3.05) is 45.6 Å². The molecule has 1 saturated heterocycles. The van der Waals surface area contributed by atoms with Crippen molar-refractivity contribution >= 4 is 29.4 Å². The second-order valence-electron chi connectivity index (χ2n) is 13.8. The third-order valence-electron chi connectivity index (χ3n) is 10.3. The quantitative estimate of drug-likeness (QED) is 0.330. The standard InChI is InChI=1S/C34H49FN8O5/c1-6-26-30(40-48-39-26)32(45)37-29(22-9-7-20(2)8-10-22)31(44)36-27-14-11-23(19-25(27)35)21(3)28(38-34(47)42(5)24-12-13-24)33(46)43-17-15-41(4)16-18-43/h11,14,19-22,24,28-29H,6-10,12-13,15-18H2,1-5H3,(H,36,44)(H,37,45)(H,38,47)/t20-,21-,22-,28+,29-/m0/s1. The number of benzene rings is 1. The SMILES string of the molecule is CCc1nonc1C(=O)N[C@H](C(=O)Nc1ccc([C@H](C)[C@@H](NC(=O)N(C)C2CC2)C(=O)N2CCN(C)CC2)cc1F)[C@H]1CC[C@H](C)CC1. The van der Waals surface area contributed by atoms with Gasteiger partial charge in [-0.3, -0.25) is 14.4 Å². The summed E-state index contributed by atoms with van der Waals surface area (Å²) >= 11 is 0. The number of rotatable bonds is 11. The molecule has 0 spiro atoms.